The van der Waals surface area contributed by atoms with Crippen molar-refractivity contribution < 1.29 is 9.59 Å². The van der Waals surface area contributed by atoms with Crippen LogP contribution in [-0.2, 0) is 4.79 Å². The Morgan fingerprint density at radius 3 is 2.24 bits per heavy atom. The van der Waals surface area contributed by atoms with Gasteiger partial charge in [0, 0.05) is 11.7 Å². The van der Waals surface area contributed by atoms with Gasteiger partial charge in [-0.3, -0.25) is 10.1 Å². The Kier molecular flexibility index (Phi) is 4.83. The molecule has 0 unspecified atom stereocenters. The molecule has 1 aromatic rings. The molecule has 3 amide bonds. The van der Waals surface area contributed by atoms with Crippen LogP contribution in [-0.4, -0.2) is 24.0 Å². The highest BCUT2D eigenvalue weighted by molar-refractivity contribution is 5.98. The van der Waals surface area contributed by atoms with Crippen LogP contribution in [0.25, 0.3) is 0 Å². The van der Waals surface area contributed by atoms with Crippen molar-refractivity contribution in [3.05, 3.63) is 29.8 Å². The fourth-order valence-corrected chi connectivity index (χ4v) is 1.95. The zero-order chi connectivity index (χ0) is 15.4. The monoisotopic (exact) mass is 289 g/mol. The highest BCUT2D eigenvalue weighted by atomic mass is 16.2. The van der Waals surface area contributed by atoms with Crippen molar-refractivity contribution >= 4 is 17.6 Å². The van der Waals surface area contributed by atoms with Crippen LogP contribution in [0, 0.1) is 0 Å². The Bertz CT molecular complexity index is 507. The molecule has 0 aliphatic heterocycles. The summed E-state index contributed by atoms with van der Waals surface area (Å²) in [5.41, 5.74) is 2.12. The molecule has 0 aromatic heterocycles. The van der Waals surface area contributed by atoms with Gasteiger partial charge in [0.2, 0.25) is 5.91 Å². The van der Waals surface area contributed by atoms with Crippen LogP contribution in [0.2, 0.25) is 0 Å². The maximum atomic E-state index is 11.9. The summed E-state index contributed by atoms with van der Waals surface area (Å²) in [7, 11) is 0. The normalized spacial score (nSPS) is 15.4. The summed E-state index contributed by atoms with van der Waals surface area (Å²) in [6.45, 7) is 6.00. The van der Waals surface area contributed by atoms with Crippen molar-refractivity contribution in [3.8, 4) is 0 Å². The number of nitrogens with one attached hydrogen (secondary N) is 3. The van der Waals surface area contributed by atoms with E-state index in [0.29, 0.717) is 5.92 Å². The fourth-order valence-electron chi connectivity index (χ4n) is 1.95. The van der Waals surface area contributed by atoms with Gasteiger partial charge in [-0.1, -0.05) is 26.0 Å². The quantitative estimate of drug-likeness (QED) is 0.780. The molecular formula is C16H23N3O2. The van der Waals surface area contributed by atoms with Gasteiger partial charge in [-0.15, -0.1) is 0 Å². The Balaban J connectivity index is 1.83. The van der Waals surface area contributed by atoms with Crippen LogP contribution in [0.3, 0.4) is 0 Å². The summed E-state index contributed by atoms with van der Waals surface area (Å²) >= 11 is 0. The highest BCUT2D eigenvalue weighted by Gasteiger charge is 2.24. The van der Waals surface area contributed by atoms with Crippen molar-refractivity contribution in [1.29, 1.82) is 0 Å². The molecule has 1 fully saturated rings. The van der Waals surface area contributed by atoms with Gasteiger partial charge < -0.3 is 10.6 Å². The van der Waals surface area contributed by atoms with Gasteiger partial charge in [0.05, 0.1) is 0 Å². The van der Waals surface area contributed by atoms with Gasteiger partial charge in [0.1, 0.15) is 6.04 Å². The largest absolute Gasteiger partial charge is 0.374 e. The summed E-state index contributed by atoms with van der Waals surface area (Å²) in [6, 6.07) is 7.33. The molecule has 1 aliphatic rings. The lowest BCUT2D eigenvalue weighted by Gasteiger charge is -2.15. The molecule has 5 nitrogen and oxygen atoms in total. The lowest BCUT2D eigenvalue weighted by molar-refractivity contribution is -0.120. The average Bonchev–Trinajstić information content (AvgIpc) is 3.22. The summed E-state index contributed by atoms with van der Waals surface area (Å²) in [4.78, 5) is 23.4. The molecule has 0 radical (unpaired) electrons. The SMILES string of the molecule is CC(C)c1ccc(N[C@H](C)C(=O)NC(=O)NC2CC2)cc1. The van der Waals surface area contributed by atoms with Crippen molar-refractivity contribution in [3.63, 3.8) is 0 Å². The number of urea groups is 1. The smallest absolute Gasteiger partial charge is 0.321 e. The lowest BCUT2D eigenvalue weighted by atomic mass is 10.0. The maximum absolute atomic E-state index is 11.9. The average molecular weight is 289 g/mol. The van der Waals surface area contributed by atoms with Crippen molar-refractivity contribution in [2.75, 3.05) is 5.32 Å². The summed E-state index contributed by atoms with van der Waals surface area (Å²) in [5, 5.41) is 8.16. The second-order valence-electron chi connectivity index (χ2n) is 5.88. The standard InChI is InChI=1S/C16H23N3O2/c1-10(2)12-4-6-13(7-5-12)17-11(3)15(20)19-16(21)18-14-8-9-14/h4-7,10-11,14,17H,8-9H2,1-3H3,(H2,18,19,20,21)/t11-/m1/s1. The molecule has 0 spiro atoms. The van der Waals surface area contributed by atoms with Gasteiger partial charge >= 0.3 is 6.03 Å². The lowest BCUT2D eigenvalue weighted by Crippen LogP contribution is -2.46. The van der Waals surface area contributed by atoms with Crippen LogP contribution >= 0.6 is 0 Å². The number of carbonyl (C=O) groups is 2. The Morgan fingerprint density at radius 1 is 1.10 bits per heavy atom. The van der Waals surface area contributed by atoms with E-state index >= 15 is 0 Å². The second kappa shape index (κ2) is 6.61. The van der Waals surface area contributed by atoms with E-state index in [1.165, 1.54) is 5.56 Å². The minimum Gasteiger partial charge on any atom is -0.374 e. The molecule has 0 saturated heterocycles. The van der Waals surface area contributed by atoms with E-state index in [0.717, 1.165) is 18.5 Å². The Hall–Kier alpha value is -2.04. The summed E-state index contributed by atoms with van der Waals surface area (Å²) in [5.74, 6) is 0.145. The van der Waals surface area contributed by atoms with Crippen LogP contribution < -0.4 is 16.0 Å². The van der Waals surface area contributed by atoms with E-state index in [1.54, 1.807) is 6.92 Å². The molecule has 1 aromatic carbocycles. The third kappa shape index (κ3) is 4.77. The Labute approximate surface area is 125 Å². The molecular weight excluding hydrogens is 266 g/mol. The fraction of sp³-hybridized carbons (Fsp3) is 0.500. The number of carbonyl (C=O) groups excluding carboxylic acids is 2. The van der Waals surface area contributed by atoms with E-state index in [1.807, 2.05) is 24.3 Å². The maximum Gasteiger partial charge on any atom is 0.321 e. The van der Waals surface area contributed by atoms with Gasteiger partial charge in [-0.2, -0.15) is 0 Å². The number of imide groups is 1. The molecule has 1 atom stereocenters. The second-order valence-corrected chi connectivity index (χ2v) is 5.88. The first-order valence-corrected chi connectivity index (χ1v) is 7.43. The molecule has 3 N–H and O–H groups in total. The minimum absolute atomic E-state index is 0.240. The topological polar surface area (TPSA) is 70.2 Å². The van der Waals surface area contributed by atoms with Crippen LogP contribution in [0.4, 0.5) is 10.5 Å². The van der Waals surface area contributed by atoms with Gasteiger partial charge in [-0.05, 0) is 43.4 Å². The van der Waals surface area contributed by atoms with E-state index in [-0.39, 0.29) is 11.9 Å². The van der Waals surface area contributed by atoms with Crippen LogP contribution in [0.5, 0.6) is 0 Å². The zero-order valence-electron chi connectivity index (χ0n) is 12.8. The van der Waals surface area contributed by atoms with E-state index in [4.69, 9.17) is 0 Å². The van der Waals surface area contributed by atoms with Gasteiger partial charge in [0.25, 0.3) is 0 Å². The molecule has 0 bridgehead atoms. The molecule has 2 rings (SSSR count). The van der Waals surface area contributed by atoms with Gasteiger partial charge in [-0.25, -0.2) is 4.79 Å². The summed E-state index contributed by atoms with van der Waals surface area (Å²) in [6.07, 6.45) is 2.00. The minimum atomic E-state index is -0.472. The third-order valence-corrected chi connectivity index (χ3v) is 3.50. The predicted molar refractivity (Wildman–Crippen MR) is 83.3 cm³/mol. The number of anilines is 1. The van der Waals surface area contributed by atoms with Crippen LogP contribution in [0.15, 0.2) is 24.3 Å². The highest BCUT2D eigenvalue weighted by Crippen LogP contribution is 2.18. The summed E-state index contributed by atoms with van der Waals surface area (Å²) < 4.78 is 0. The number of hydrogen-bond donors (Lipinski definition) is 3. The predicted octanol–water partition coefficient (Wildman–Crippen LogP) is 2.60. The van der Waals surface area contributed by atoms with E-state index < -0.39 is 12.1 Å². The first-order chi connectivity index (χ1) is 9.95. The van der Waals surface area contributed by atoms with Crippen molar-refractivity contribution in [2.24, 2.45) is 0 Å². The zero-order valence-corrected chi connectivity index (χ0v) is 12.8. The molecule has 1 saturated carbocycles. The number of amides is 3. The Morgan fingerprint density at radius 2 is 1.71 bits per heavy atom. The van der Waals surface area contributed by atoms with E-state index in [2.05, 4.69) is 29.8 Å². The number of benzene rings is 1. The molecule has 1 aliphatic carbocycles. The number of rotatable bonds is 5. The molecule has 0 heterocycles. The molecule has 114 valence electrons. The third-order valence-electron chi connectivity index (χ3n) is 3.50. The number of hydrogen-bond acceptors (Lipinski definition) is 3. The van der Waals surface area contributed by atoms with Crippen molar-refractivity contribution in [2.45, 2.75) is 51.6 Å². The van der Waals surface area contributed by atoms with E-state index in [9.17, 15) is 9.59 Å². The first-order valence-electron chi connectivity index (χ1n) is 7.43. The molecule has 5 heteroatoms. The van der Waals surface area contributed by atoms with Crippen molar-refractivity contribution in [1.82, 2.24) is 10.6 Å². The van der Waals surface area contributed by atoms with Gasteiger partial charge in [0.15, 0.2) is 0 Å². The molecule has 21 heavy (non-hydrogen) atoms. The first kappa shape index (κ1) is 15.4. The van der Waals surface area contributed by atoms with Crippen LogP contribution in [0.1, 0.15) is 45.1 Å².